The van der Waals surface area contributed by atoms with Gasteiger partial charge in [-0.25, -0.2) is 8.78 Å². The van der Waals surface area contributed by atoms with E-state index < -0.39 is 23.6 Å². The third kappa shape index (κ3) is 4.34. The van der Waals surface area contributed by atoms with E-state index in [1.807, 2.05) is 0 Å². The fourth-order valence-electron chi connectivity index (χ4n) is 2.36. The highest BCUT2D eigenvalue weighted by Gasteiger charge is 2.24. The number of amidine groups is 1. The molecule has 0 bridgehead atoms. The van der Waals surface area contributed by atoms with E-state index in [0.29, 0.717) is 5.75 Å². The number of hydrogen-bond donors (Lipinski definition) is 3. The van der Waals surface area contributed by atoms with Gasteiger partial charge in [-0.3, -0.25) is 10.2 Å². The highest BCUT2D eigenvalue weighted by molar-refractivity contribution is 5.94. The normalized spacial score (nSPS) is 11.7. The van der Waals surface area contributed by atoms with Gasteiger partial charge in [-0.05, 0) is 18.2 Å². The number of ether oxygens (including phenoxy) is 2. The zero-order valence-electron chi connectivity index (χ0n) is 14.3. The van der Waals surface area contributed by atoms with Gasteiger partial charge >= 0.3 is 0 Å². The summed E-state index contributed by atoms with van der Waals surface area (Å²) >= 11 is 0. The molecule has 0 aromatic heterocycles. The minimum Gasteiger partial charge on any atom is -0.497 e. The van der Waals surface area contributed by atoms with Crippen LogP contribution in [0.5, 0.6) is 5.75 Å². The zero-order valence-corrected chi connectivity index (χ0v) is 14.3. The number of methoxy groups -OCH3 is 2. The molecule has 0 aliphatic rings. The molecule has 1 unspecified atom stereocenters. The number of amides is 1. The molecule has 0 heterocycles. The fourth-order valence-corrected chi connectivity index (χ4v) is 2.36. The summed E-state index contributed by atoms with van der Waals surface area (Å²) < 4.78 is 38.2. The first-order chi connectivity index (χ1) is 12.4. The van der Waals surface area contributed by atoms with Crippen LogP contribution in [0.25, 0.3) is 0 Å². The van der Waals surface area contributed by atoms with Crippen molar-refractivity contribution in [1.29, 1.82) is 5.41 Å². The second-order valence-electron chi connectivity index (χ2n) is 5.44. The Hall–Kier alpha value is -3.00. The van der Waals surface area contributed by atoms with Crippen LogP contribution in [0.4, 0.5) is 8.78 Å². The van der Waals surface area contributed by atoms with Crippen molar-refractivity contribution < 1.29 is 23.0 Å². The molecule has 2 aromatic carbocycles. The first kappa shape index (κ1) is 19.3. The average molecular weight is 363 g/mol. The number of rotatable bonds is 7. The first-order valence-corrected chi connectivity index (χ1v) is 7.64. The predicted octanol–water partition coefficient (Wildman–Crippen LogP) is 2.26. The maximum Gasteiger partial charge on any atom is 0.254 e. The summed E-state index contributed by atoms with van der Waals surface area (Å²) in [4.78, 5) is 12.3. The lowest BCUT2D eigenvalue weighted by Crippen LogP contribution is -2.30. The van der Waals surface area contributed by atoms with Crippen LogP contribution in [0, 0.1) is 17.0 Å². The second kappa shape index (κ2) is 8.39. The Morgan fingerprint density at radius 1 is 1.19 bits per heavy atom. The number of carbonyl (C=O) groups excluding carboxylic acids is 1. The SMILES string of the molecule is COc1ccc(C(OC)C(=O)NCc2ccc(C(=N)N)cc2F)c(F)c1. The van der Waals surface area contributed by atoms with Gasteiger partial charge < -0.3 is 20.5 Å². The van der Waals surface area contributed by atoms with Crippen molar-refractivity contribution in [3.8, 4) is 5.75 Å². The Balaban J connectivity index is 2.11. The van der Waals surface area contributed by atoms with Gasteiger partial charge in [0.25, 0.3) is 5.91 Å². The van der Waals surface area contributed by atoms with Crippen molar-refractivity contribution in [2.24, 2.45) is 5.73 Å². The molecule has 26 heavy (non-hydrogen) atoms. The largest absolute Gasteiger partial charge is 0.497 e. The molecule has 0 spiro atoms. The quantitative estimate of drug-likeness (QED) is 0.519. The van der Waals surface area contributed by atoms with Crippen LogP contribution >= 0.6 is 0 Å². The van der Waals surface area contributed by atoms with Crippen LogP contribution in [-0.2, 0) is 16.1 Å². The van der Waals surface area contributed by atoms with E-state index in [1.165, 1.54) is 38.5 Å². The minimum atomic E-state index is -1.19. The minimum absolute atomic E-state index is 0.0400. The molecular weight excluding hydrogens is 344 g/mol. The number of benzene rings is 2. The van der Waals surface area contributed by atoms with Gasteiger partial charge in [0.05, 0.1) is 7.11 Å². The van der Waals surface area contributed by atoms with E-state index in [4.69, 9.17) is 20.6 Å². The lowest BCUT2D eigenvalue weighted by Gasteiger charge is -2.17. The highest BCUT2D eigenvalue weighted by atomic mass is 19.1. The van der Waals surface area contributed by atoms with Crippen LogP contribution in [0.3, 0.4) is 0 Å². The van der Waals surface area contributed by atoms with Gasteiger partial charge in [0, 0.05) is 36.4 Å². The summed E-state index contributed by atoms with van der Waals surface area (Å²) in [5.74, 6) is -1.82. The topological polar surface area (TPSA) is 97.4 Å². The smallest absolute Gasteiger partial charge is 0.254 e. The van der Waals surface area contributed by atoms with Crippen LogP contribution in [-0.4, -0.2) is 26.0 Å². The van der Waals surface area contributed by atoms with Crippen molar-refractivity contribution in [1.82, 2.24) is 5.32 Å². The molecular formula is C18H19F2N3O3. The third-order valence-electron chi connectivity index (χ3n) is 3.78. The second-order valence-corrected chi connectivity index (χ2v) is 5.44. The van der Waals surface area contributed by atoms with Gasteiger partial charge in [0.2, 0.25) is 0 Å². The van der Waals surface area contributed by atoms with E-state index in [-0.39, 0.29) is 29.1 Å². The van der Waals surface area contributed by atoms with Crippen molar-refractivity contribution >= 4 is 11.7 Å². The Morgan fingerprint density at radius 2 is 1.92 bits per heavy atom. The molecule has 6 nitrogen and oxygen atoms in total. The van der Waals surface area contributed by atoms with Gasteiger partial charge in [-0.2, -0.15) is 0 Å². The summed E-state index contributed by atoms with van der Waals surface area (Å²) in [6.45, 7) is -0.125. The van der Waals surface area contributed by atoms with E-state index in [1.54, 1.807) is 0 Å². The van der Waals surface area contributed by atoms with Gasteiger partial charge in [0.1, 0.15) is 23.2 Å². The first-order valence-electron chi connectivity index (χ1n) is 7.64. The molecule has 4 N–H and O–H groups in total. The number of nitrogens with one attached hydrogen (secondary N) is 2. The predicted molar refractivity (Wildman–Crippen MR) is 92.0 cm³/mol. The number of nitrogen functional groups attached to an aromatic ring is 1. The molecule has 0 saturated heterocycles. The molecule has 1 atom stereocenters. The molecule has 2 aromatic rings. The molecule has 8 heteroatoms. The molecule has 0 aliphatic carbocycles. The Morgan fingerprint density at radius 3 is 2.46 bits per heavy atom. The summed E-state index contributed by atoms with van der Waals surface area (Å²) in [5.41, 5.74) is 5.78. The van der Waals surface area contributed by atoms with Crippen molar-refractivity contribution in [2.75, 3.05) is 14.2 Å². The molecule has 1 amide bonds. The molecule has 0 fully saturated rings. The summed E-state index contributed by atoms with van der Waals surface area (Å²) in [5, 5.41) is 9.79. The molecule has 0 aliphatic heterocycles. The average Bonchev–Trinajstić information content (AvgIpc) is 2.62. The van der Waals surface area contributed by atoms with Crippen molar-refractivity contribution in [3.05, 3.63) is 64.7 Å². The van der Waals surface area contributed by atoms with E-state index >= 15 is 0 Å². The lowest BCUT2D eigenvalue weighted by molar-refractivity contribution is -0.131. The van der Waals surface area contributed by atoms with E-state index in [9.17, 15) is 13.6 Å². The van der Waals surface area contributed by atoms with Crippen LogP contribution in [0.15, 0.2) is 36.4 Å². The van der Waals surface area contributed by atoms with Gasteiger partial charge in [-0.1, -0.05) is 12.1 Å². The summed E-state index contributed by atoms with van der Waals surface area (Å²) in [6.07, 6.45) is -1.19. The third-order valence-corrected chi connectivity index (χ3v) is 3.78. The standard InChI is InChI=1S/C18H19F2N3O3/c1-25-12-5-6-13(15(20)8-12)16(26-2)18(24)23-9-11-4-3-10(17(21)22)7-14(11)19/h3-8,16H,9H2,1-2H3,(H3,21,22)(H,23,24). The molecule has 0 saturated carbocycles. The van der Waals surface area contributed by atoms with Gasteiger partial charge in [-0.15, -0.1) is 0 Å². The summed E-state index contributed by atoms with van der Waals surface area (Å²) in [7, 11) is 2.68. The molecule has 0 radical (unpaired) electrons. The number of hydrogen-bond acceptors (Lipinski definition) is 4. The van der Waals surface area contributed by atoms with Crippen LogP contribution in [0.2, 0.25) is 0 Å². The monoisotopic (exact) mass is 363 g/mol. The van der Waals surface area contributed by atoms with Crippen molar-refractivity contribution in [2.45, 2.75) is 12.6 Å². The Labute approximate surface area is 149 Å². The summed E-state index contributed by atoms with van der Waals surface area (Å²) in [6, 6.07) is 8.06. The van der Waals surface area contributed by atoms with E-state index in [0.717, 1.165) is 12.1 Å². The lowest BCUT2D eigenvalue weighted by atomic mass is 10.1. The fraction of sp³-hybridized carbons (Fsp3) is 0.222. The van der Waals surface area contributed by atoms with E-state index in [2.05, 4.69) is 5.32 Å². The Kier molecular flexibility index (Phi) is 6.24. The van der Waals surface area contributed by atoms with Crippen LogP contribution in [0.1, 0.15) is 22.8 Å². The highest BCUT2D eigenvalue weighted by Crippen LogP contribution is 2.24. The molecule has 138 valence electrons. The number of carbonyl (C=O) groups is 1. The van der Waals surface area contributed by atoms with Gasteiger partial charge in [0.15, 0.2) is 6.10 Å². The van der Waals surface area contributed by atoms with Crippen molar-refractivity contribution in [3.63, 3.8) is 0 Å². The number of nitrogens with two attached hydrogens (primary N) is 1. The maximum atomic E-state index is 14.2. The zero-order chi connectivity index (χ0) is 19.3. The Bertz CT molecular complexity index is 827. The molecule has 2 rings (SSSR count). The number of halogens is 2. The van der Waals surface area contributed by atoms with Crippen LogP contribution < -0.4 is 15.8 Å². The maximum absolute atomic E-state index is 14.2.